The van der Waals surface area contributed by atoms with Crippen LogP contribution >= 0.6 is 25.3 Å². The minimum absolute atomic E-state index is 0.479. The molecule has 0 unspecified atom stereocenters. The molecule has 0 aliphatic carbocycles. The average molecular weight is 304 g/mol. The Kier molecular flexibility index (Phi) is 6.10. The first-order chi connectivity index (χ1) is 8.78. The second-order valence-corrected chi connectivity index (χ2v) is 6.01. The summed E-state index contributed by atoms with van der Waals surface area (Å²) in [5.74, 6) is 1.08. The Morgan fingerprint density at radius 1 is 1.11 bits per heavy atom. The van der Waals surface area contributed by atoms with Gasteiger partial charge in [0.25, 0.3) is 0 Å². The maximum Gasteiger partial charge on any atom is 0.735 e. The second-order valence-electron chi connectivity index (χ2n) is 5.37. The van der Waals surface area contributed by atoms with Crippen molar-refractivity contribution in [2.45, 2.75) is 38.9 Å². The quantitative estimate of drug-likeness (QED) is 0.567. The van der Waals surface area contributed by atoms with Gasteiger partial charge in [0.15, 0.2) is 0 Å². The van der Waals surface area contributed by atoms with E-state index in [1.165, 1.54) is 4.85 Å². The van der Waals surface area contributed by atoms with Crippen molar-refractivity contribution < 1.29 is 14.1 Å². The van der Waals surface area contributed by atoms with Crippen LogP contribution in [0.15, 0.2) is 18.5 Å². The lowest BCUT2D eigenvalue weighted by molar-refractivity contribution is -0.0234. The first-order valence-electron chi connectivity index (χ1n) is 6.02. The zero-order valence-electron chi connectivity index (χ0n) is 11.7. The maximum atomic E-state index is 5.78. The highest BCUT2D eigenvalue weighted by Crippen LogP contribution is 2.18. The predicted octanol–water partition coefficient (Wildman–Crippen LogP) is 1.75. The molecular formula is C11H21BN2O3S2. The van der Waals surface area contributed by atoms with Crippen LogP contribution in [0.25, 0.3) is 0 Å². The lowest BCUT2D eigenvalue weighted by Gasteiger charge is -2.31. The van der Waals surface area contributed by atoms with E-state index in [2.05, 4.69) is 30.4 Å². The summed E-state index contributed by atoms with van der Waals surface area (Å²) in [6, 6.07) is 1.75. The van der Waals surface area contributed by atoms with Crippen molar-refractivity contribution in [1.82, 2.24) is 9.94 Å². The van der Waals surface area contributed by atoms with Gasteiger partial charge < -0.3 is 14.1 Å². The Hall–Kier alpha value is -0.305. The van der Waals surface area contributed by atoms with Gasteiger partial charge in [0.05, 0.1) is 23.6 Å². The van der Waals surface area contributed by atoms with Gasteiger partial charge in [-0.05, 0) is 33.8 Å². The molecule has 0 aromatic carbocycles. The van der Waals surface area contributed by atoms with Gasteiger partial charge in [0.1, 0.15) is 0 Å². The number of nitrogens with zero attached hydrogens (tertiary/aromatic N) is 2. The van der Waals surface area contributed by atoms with Gasteiger partial charge in [-0.3, -0.25) is 0 Å². The lowest BCUT2D eigenvalue weighted by Crippen LogP contribution is -2.48. The fourth-order valence-corrected chi connectivity index (χ4v) is 1.22. The third-order valence-electron chi connectivity index (χ3n) is 2.27. The average Bonchev–Trinajstić information content (AvgIpc) is 2.80. The molecule has 0 saturated heterocycles. The van der Waals surface area contributed by atoms with Crippen LogP contribution in [0.5, 0.6) is 0 Å². The standard InChI is InChI=1S/C11H21BN2O3S2/c1-10(2,8-18)15-12(16-11(3,4)9-19)17-14-7-5-6-13-14/h5-7,18-19H,8-9H2,1-4H3. The van der Waals surface area contributed by atoms with Gasteiger partial charge in [0.2, 0.25) is 0 Å². The van der Waals surface area contributed by atoms with Gasteiger partial charge in [-0.25, -0.2) is 0 Å². The SMILES string of the molecule is CC(C)(CS)OB(On1cccn1)OC(C)(C)CS. The summed E-state index contributed by atoms with van der Waals surface area (Å²) in [5.41, 5.74) is -0.957. The lowest BCUT2D eigenvalue weighted by atomic mass is 10.1. The number of aromatic nitrogens is 2. The largest absolute Gasteiger partial charge is 0.735 e. The van der Waals surface area contributed by atoms with E-state index in [1.54, 1.807) is 18.5 Å². The topological polar surface area (TPSA) is 45.5 Å². The van der Waals surface area contributed by atoms with Crippen LogP contribution in [0.1, 0.15) is 27.7 Å². The van der Waals surface area contributed by atoms with Crippen LogP contribution in [-0.4, -0.2) is 40.0 Å². The van der Waals surface area contributed by atoms with E-state index in [-0.39, 0.29) is 0 Å². The Balaban J connectivity index is 2.73. The highest BCUT2D eigenvalue weighted by atomic mass is 32.1. The van der Waals surface area contributed by atoms with Crippen molar-refractivity contribution in [3.63, 3.8) is 0 Å². The Labute approximate surface area is 125 Å². The van der Waals surface area contributed by atoms with E-state index in [4.69, 9.17) is 14.1 Å². The van der Waals surface area contributed by atoms with Crippen molar-refractivity contribution in [2.75, 3.05) is 11.5 Å². The summed E-state index contributed by atoms with van der Waals surface area (Å²) in [4.78, 5) is 1.30. The second kappa shape index (κ2) is 6.92. The summed E-state index contributed by atoms with van der Waals surface area (Å²) in [7, 11) is -0.885. The smallest absolute Gasteiger partial charge is 0.405 e. The Morgan fingerprint density at radius 3 is 2.00 bits per heavy atom. The van der Waals surface area contributed by atoms with Crippen LogP contribution < -0.4 is 4.76 Å². The molecule has 0 atom stereocenters. The minimum atomic E-state index is -0.885. The molecule has 0 saturated carbocycles. The van der Waals surface area contributed by atoms with Gasteiger partial charge in [-0.2, -0.15) is 25.3 Å². The van der Waals surface area contributed by atoms with Gasteiger partial charge in [-0.1, -0.05) is 0 Å². The summed E-state index contributed by atoms with van der Waals surface area (Å²) in [5, 5.41) is 3.96. The molecule has 0 bridgehead atoms. The van der Waals surface area contributed by atoms with Gasteiger partial charge in [-0.15, -0.1) is 9.94 Å². The summed E-state index contributed by atoms with van der Waals surface area (Å²) in [6.07, 6.45) is 3.28. The van der Waals surface area contributed by atoms with Crippen LogP contribution in [0, 0.1) is 0 Å². The zero-order valence-corrected chi connectivity index (χ0v) is 13.5. The Bertz CT molecular complexity index is 356. The molecule has 0 aliphatic rings. The molecule has 0 amide bonds. The molecule has 0 aliphatic heterocycles. The molecule has 1 heterocycles. The fraction of sp³-hybridized carbons (Fsp3) is 0.727. The summed E-state index contributed by atoms with van der Waals surface area (Å²) < 4.78 is 17.1. The number of hydrogen-bond donors (Lipinski definition) is 2. The highest BCUT2D eigenvalue weighted by molar-refractivity contribution is 7.80. The third-order valence-corrected chi connectivity index (χ3v) is 3.79. The van der Waals surface area contributed by atoms with Crippen LogP contribution in [0.4, 0.5) is 0 Å². The summed E-state index contributed by atoms with van der Waals surface area (Å²) >= 11 is 8.50. The highest BCUT2D eigenvalue weighted by Gasteiger charge is 2.38. The first-order valence-corrected chi connectivity index (χ1v) is 7.29. The number of hydrogen-bond acceptors (Lipinski definition) is 6. The van der Waals surface area contributed by atoms with Crippen molar-refractivity contribution in [2.24, 2.45) is 0 Å². The van der Waals surface area contributed by atoms with Gasteiger partial charge >= 0.3 is 7.32 Å². The van der Waals surface area contributed by atoms with E-state index >= 15 is 0 Å². The fourth-order valence-electron chi connectivity index (χ4n) is 1.07. The van der Waals surface area contributed by atoms with E-state index in [9.17, 15) is 0 Å². The minimum Gasteiger partial charge on any atom is -0.405 e. The molecule has 0 fully saturated rings. The number of thiol groups is 2. The maximum absolute atomic E-state index is 5.78. The third kappa shape index (κ3) is 6.12. The van der Waals surface area contributed by atoms with E-state index in [1.807, 2.05) is 27.7 Å². The predicted molar refractivity (Wildman–Crippen MR) is 82.6 cm³/mol. The monoisotopic (exact) mass is 304 g/mol. The molecule has 0 radical (unpaired) electrons. The molecule has 8 heteroatoms. The first kappa shape index (κ1) is 16.7. The van der Waals surface area contributed by atoms with E-state index in [0.717, 1.165) is 0 Å². The molecule has 108 valence electrons. The van der Waals surface area contributed by atoms with Crippen LogP contribution in [0.2, 0.25) is 0 Å². The van der Waals surface area contributed by atoms with Crippen molar-refractivity contribution in [3.05, 3.63) is 18.5 Å². The van der Waals surface area contributed by atoms with E-state index in [0.29, 0.717) is 11.5 Å². The van der Waals surface area contributed by atoms with E-state index < -0.39 is 18.5 Å². The molecular weight excluding hydrogens is 283 g/mol. The zero-order chi connectivity index (χ0) is 14.5. The molecule has 0 N–H and O–H groups in total. The van der Waals surface area contributed by atoms with Crippen molar-refractivity contribution >= 4 is 32.6 Å². The van der Waals surface area contributed by atoms with Crippen LogP contribution in [0.3, 0.4) is 0 Å². The van der Waals surface area contributed by atoms with Gasteiger partial charge in [0, 0.05) is 11.5 Å². The summed E-state index contributed by atoms with van der Waals surface area (Å²) in [6.45, 7) is 7.65. The van der Waals surface area contributed by atoms with Crippen LogP contribution in [-0.2, 0) is 9.31 Å². The molecule has 1 aromatic rings. The molecule has 19 heavy (non-hydrogen) atoms. The normalized spacial score (nSPS) is 12.5. The molecule has 1 rings (SSSR count). The molecule has 5 nitrogen and oxygen atoms in total. The Morgan fingerprint density at radius 2 is 1.63 bits per heavy atom. The van der Waals surface area contributed by atoms with Crippen molar-refractivity contribution in [1.29, 1.82) is 0 Å². The molecule has 1 aromatic heterocycles. The number of rotatable bonds is 8. The van der Waals surface area contributed by atoms with Crippen molar-refractivity contribution in [3.8, 4) is 0 Å². The molecule has 0 spiro atoms.